The lowest BCUT2D eigenvalue weighted by Gasteiger charge is -2.19. The summed E-state index contributed by atoms with van der Waals surface area (Å²) in [7, 11) is -3.28. The maximum Gasteiger partial charge on any atom is 0.175 e. The van der Waals surface area contributed by atoms with E-state index in [9.17, 15) is 12.8 Å². The Kier molecular flexibility index (Phi) is 6.09. The second kappa shape index (κ2) is 8.78. The number of sulfone groups is 1. The minimum Gasteiger partial charge on any atom is -0.480 e. The molecule has 0 aliphatic heterocycles. The Balaban J connectivity index is 1.69. The summed E-state index contributed by atoms with van der Waals surface area (Å²) < 4.78 is 43.1. The van der Waals surface area contributed by atoms with Crippen LogP contribution < -0.4 is 4.74 Å². The van der Waals surface area contributed by atoms with Crippen molar-refractivity contribution in [2.75, 3.05) is 6.26 Å². The van der Waals surface area contributed by atoms with Crippen LogP contribution in [0.1, 0.15) is 16.5 Å². The van der Waals surface area contributed by atoms with Gasteiger partial charge in [0.15, 0.2) is 15.9 Å². The second-order valence-electron chi connectivity index (χ2n) is 6.89. The van der Waals surface area contributed by atoms with Gasteiger partial charge in [0, 0.05) is 23.0 Å². The average molecular weight is 474 g/mol. The topological polar surface area (TPSA) is 56.3 Å². The van der Waals surface area contributed by atoms with Crippen LogP contribution in [0.3, 0.4) is 0 Å². The van der Waals surface area contributed by atoms with E-state index in [1.807, 2.05) is 0 Å². The van der Waals surface area contributed by atoms with Gasteiger partial charge in [0.2, 0.25) is 0 Å². The molecular weight excluding hydrogens is 457 g/mol. The van der Waals surface area contributed by atoms with E-state index >= 15 is 0 Å². The lowest BCUT2D eigenvalue weighted by Crippen LogP contribution is -2.08. The first-order valence-corrected chi connectivity index (χ1v) is 12.4. The Labute approximate surface area is 188 Å². The monoisotopic (exact) mass is 473 g/mol. The summed E-state index contributed by atoms with van der Waals surface area (Å²) in [4.78, 5) is 5.24. The van der Waals surface area contributed by atoms with E-state index in [2.05, 4.69) is 4.98 Å². The Morgan fingerprint density at radius 2 is 1.74 bits per heavy atom. The molecule has 1 unspecified atom stereocenters. The molecule has 0 bridgehead atoms. The fourth-order valence-electron chi connectivity index (χ4n) is 3.10. The number of thiazole rings is 1. The normalized spacial score (nSPS) is 12.5. The maximum absolute atomic E-state index is 13.4. The van der Waals surface area contributed by atoms with Crippen LogP contribution in [-0.4, -0.2) is 19.7 Å². The van der Waals surface area contributed by atoms with Crippen LogP contribution in [0.15, 0.2) is 83.3 Å². The van der Waals surface area contributed by atoms with Gasteiger partial charge in [0.05, 0.1) is 15.3 Å². The lowest BCUT2D eigenvalue weighted by molar-refractivity contribution is 0.251. The highest BCUT2D eigenvalue weighted by Crippen LogP contribution is 2.36. The first kappa shape index (κ1) is 21.5. The van der Waals surface area contributed by atoms with Gasteiger partial charge in [-0.25, -0.2) is 12.8 Å². The third kappa shape index (κ3) is 4.95. The molecule has 8 heteroatoms. The van der Waals surface area contributed by atoms with Crippen LogP contribution >= 0.6 is 22.9 Å². The number of rotatable bonds is 6. The molecule has 0 amide bonds. The molecule has 0 saturated heterocycles. The van der Waals surface area contributed by atoms with Gasteiger partial charge in [-0.05, 0) is 53.6 Å². The van der Waals surface area contributed by atoms with Gasteiger partial charge >= 0.3 is 0 Å². The number of aromatic nitrogens is 1. The second-order valence-corrected chi connectivity index (χ2v) is 10.2. The smallest absolute Gasteiger partial charge is 0.175 e. The zero-order valence-electron chi connectivity index (χ0n) is 16.3. The Morgan fingerprint density at radius 1 is 1.03 bits per heavy atom. The van der Waals surface area contributed by atoms with Crippen molar-refractivity contribution in [2.24, 2.45) is 0 Å². The molecular formula is C23H17ClFNO3S2. The molecule has 0 aliphatic carbocycles. The van der Waals surface area contributed by atoms with Crippen molar-refractivity contribution in [3.05, 3.63) is 99.7 Å². The summed E-state index contributed by atoms with van der Waals surface area (Å²) >= 11 is 7.85. The van der Waals surface area contributed by atoms with E-state index in [-0.39, 0.29) is 10.7 Å². The van der Waals surface area contributed by atoms with Crippen molar-refractivity contribution in [1.82, 2.24) is 4.98 Å². The molecule has 0 fully saturated rings. The summed E-state index contributed by atoms with van der Waals surface area (Å²) in [6.07, 6.45) is 2.42. The van der Waals surface area contributed by atoms with Crippen molar-refractivity contribution < 1.29 is 17.5 Å². The lowest BCUT2D eigenvalue weighted by atomic mass is 10.0. The Hall–Kier alpha value is -2.74. The molecule has 1 heterocycles. The van der Waals surface area contributed by atoms with E-state index in [1.165, 1.54) is 29.7 Å². The van der Waals surface area contributed by atoms with Gasteiger partial charge in [-0.3, -0.25) is 4.98 Å². The average Bonchev–Trinajstić information content (AvgIpc) is 3.28. The first-order valence-electron chi connectivity index (χ1n) is 9.22. The largest absolute Gasteiger partial charge is 0.480 e. The minimum absolute atomic E-state index is 0.237. The number of nitrogens with zero attached hydrogens (tertiary/aromatic N) is 1. The van der Waals surface area contributed by atoms with E-state index < -0.39 is 15.9 Å². The van der Waals surface area contributed by atoms with Crippen molar-refractivity contribution in [3.8, 4) is 16.9 Å². The number of ether oxygens (including phenoxy) is 1. The third-order valence-corrected chi connectivity index (χ3v) is 6.94. The number of benzene rings is 3. The highest BCUT2D eigenvalue weighted by Gasteiger charge is 2.19. The van der Waals surface area contributed by atoms with Gasteiger partial charge in [0.1, 0.15) is 11.6 Å². The minimum atomic E-state index is -3.28. The van der Waals surface area contributed by atoms with Gasteiger partial charge in [-0.15, -0.1) is 11.3 Å². The Morgan fingerprint density at radius 3 is 2.35 bits per heavy atom. The van der Waals surface area contributed by atoms with Gasteiger partial charge in [0.25, 0.3) is 0 Å². The van der Waals surface area contributed by atoms with E-state index in [0.29, 0.717) is 16.3 Å². The number of hydrogen-bond donors (Lipinski definition) is 0. The molecule has 31 heavy (non-hydrogen) atoms. The SMILES string of the molecule is CS(=O)(=O)c1ccc(-c2cc(OC(c3ccc(F)cc3)c3cncs3)ccc2Cl)cc1. The van der Waals surface area contributed by atoms with Crippen LogP contribution in [-0.2, 0) is 9.84 Å². The quantitative estimate of drug-likeness (QED) is 0.336. The fraction of sp³-hybridized carbons (Fsp3) is 0.0870. The highest BCUT2D eigenvalue weighted by atomic mass is 35.5. The zero-order valence-corrected chi connectivity index (χ0v) is 18.7. The van der Waals surface area contributed by atoms with Crippen LogP contribution in [0, 0.1) is 5.82 Å². The molecule has 0 radical (unpaired) electrons. The maximum atomic E-state index is 13.4. The Bertz CT molecular complexity index is 1290. The molecule has 4 nitrogen and oxygen atoms in total. The molecule has 3 aromatic carbocycles. The third-order valence-electron chi connectivity index (χ3n) is 4.67. The van der Waals surface area contributed by atoms with Crippen LogP contribution in [0.2, 0.25) is 5.02 Å². The summed E-state index contributed by atoms with van der Waals surface area (Å²) in [6.45, 7) is 0. The van der Waals surface area contributed by atoms with Gasteiger partial charge in [-0.2, -0.15) is 0 Å². The molecule has 0 N–H and O–H groups in total. The van der Waals surface area contributed by atoms with E-state index in [4.69, 9.17) is 16.3 Å². The van der Waals surface area contributed by atoms with E-state index in [0.717, 1.165) is 16.0 Å². The molecule has 4 rings (SSSR count). The predicted octanol–water partition coefficient (Wildman–Crippen LogP) is 6.17. The summed E-state index contributed by atoms with van der Waals surface area (Å²) in [5.41, 5.74) is 3.98. The van der Waals surface area contributed by atoms with Crippen LogP contribution in [0.4, 0.5) is 4.39 Å². The van der Waals surface area contributed by atoms with E-state index in [1.54, 1.807) is 66.3 Å². The number of halogens is 2. The molecule has 4 aromatic rings. The standard InChI is InChI=1S/C23H17ClFNO3S2/c1-31(27,28)19-9-4-15(5-10-19)20-12-18(8-11-21(20)24)29-23(22-13-26-14-30-22)16-2-6-17(25)7-3-16/h2-14,23H,1H3. The first-order chi connectivity index (χ1) is 14.8. The molecule has 158 valence electrons. The van der Waals surface area contributed by atoms with Crippen molar-refractivity contribution in [3.63, 3.8) is 0 Å². The van der Waals surface area contributed by atoms with Crippen LogP contribution in [0.25, 0.3) is 11.1 Å². The van der Waals surface area contributed by atoms with Gasteiger partial charge in [-0.1, -0.05) is 35.9 Å². The van der Waals surface area contributed by atoms with Crippen molar-refractivity contribution in [1.29, 1.82) is 0 Å². The zero-order chi connectivity index (χ0) is 22.0. The molecule has 0 aliphatic rings. The summed E-state index contributed by atoms with van der Waals surface area (Å²) in [5, 5.41) is 0.510. The fourth-order valence-corrected chi connectivity index (χ4v) is 4.63. The molecule has 1 aromatic heterocycles. The molecule has 0 spiro atoms. The van der Waals surface area contributed by atoms with Crippen molar-refractivity contribution >= 4 is 32.8 Å². The van der Waals surface area contributed by atoms with Crippen molar-refractivity contribution in [2.45, 2.75) is 11.0 Å². The summed E-state index contributed by atoms with van der Waals surface area (Å²) in [5.74, 6) is 0.243. The number of hydrogen-bond acceptors (Lipinski definition) is 5. The molecule has 1 atom stereocenters. The summed E-state index contributed by atoms with van der Waals surface area (Å²) in [6, 6.07) is 18.0. The highest BCUT2D eigenvalue weighted by molar-refractivity contribution is 7.90. The predicted molar refractivity (Wildman–Crippen MR) is 121 cm³/mol. The van der Waals surface area contributed by atoms with Crippen LogP contribution in [0.5, 0.6) is 5.75 Å². The van der Waals surface area contributed by atoms with Gasteiger partial charge < -0.3 is 4.74 Å². The molecule has 0 saturated carbocycles.